The van der Waals surface area contributed by atoms with Crippen molar-refractivity contribution in [3.63, 3.8) is 0 Å². The standard InChI is InChI=1S/C20H16F3N3O/c1-13-4-2-6-15(10-13)25-17-8-9-24-18(12-17)19(27)26-16-7-3-5-14(11-16)20(21,22)23/h2-12H,1H3,(H,24,25)(H,26,27). The number of rotatable bonds is 4. The zero-order valence-corrected chi connectivity index (χ0v) is 14.3. The molecule has 138 valence electrons. The second-order valence-electron chi connectivity index (χ2n) is 5.96. The van der Waals surface area contributed by atoms with Gasteiger partial charge in [-0.1, -0.05) is 18.2 Å². The highest BCUT2D eigenvalue weighted by Gasteiger charge is 2.30. The summed E-state index contributed by atoms with van der Waals surface area (Å²) in [4.78, 5) is 16.3. The molecule has 0 saturated heterocycles. The molecule has 1 amide bonds. The number of amides is 1. The van der Waals surface area contributed by atoms with Crippen LogP contribution in [0.15, 0.2) is 66.9 Å². The maximum Gasteiger partial charge on any atom is 0.416 e. The first-order valence-electron chi connectivity index (χ1n) is 8.09. The van der Waals surface area contributed by atoms with E-state index in [0.717, 1.165) is 23.4 Å². The number of aryl methyl sites for hydroxylation is 1. The van der Waals surface area contributed by atoms with Gasteiger partial charge in [-0.2, -0.15) is 13.2 Å². The van der Waals surface area contributed by atoms with E-state index in [1.165, 1.54) is 24.4 Å². The highest BCUT2D eigenvalue weighted by Crippen LogP contribution is 2.30. The first-order chi connectivity index (χ1) is 12.8. The lowest BCUT2D eigenvalue weighted by Gasteiger charge is -2.11. The van der Waals surface area contributed by atoms with E-state index in [9.17, 15) is 18.0 Å². The van der Waals surface area contributed by atoms with E-state index < -0.39 is 17.6 Å². The van der Waals surface area contributed by atoms with Gasteiger partial charge in [0.25, 0.3) is 5.91 Å². The Morgan fingerprint density at radius 1 is 0.926 bits per heavy atom. The number of carbonyl (C=O) groups excluding carboxylic acids is 1. The summed E-state index contributed by atoms with van der Waals surface area (Å²) in [5.74, 6) is -0.595. The molecule has 27 heavy (non-hydrogen) atoms. The summed E-state index contributed by atoms with van der Waals surface area (Å²) in [6.45, 7) is 1.96. The summed E-state index contributed by atoms with van der Waals surface area (Å²) in [5.41, 5.74) is 1.88. The Hall–Kier alpha value is -3.35. The van der Waals surface area contributed by atoms with Gasteiger partial charge >= 0.3 is 6.18 Å². The van der Waals surface area contributed by atoms with Crippen molar-refractivity contribution in [1.82, 2.24) is 4.98 Å². The molecule has 2 aromatic carbocycles. The summed E-state index contributed by atoms with van der Waals surface area (Å²) in [6, 6.07) is 15.4. The first kappa shape index (κ1) is 18.4. The Bertz CT molecular complexity index is 970. The molecule has 0 radical (unpaired) electrons. The zero-order chi connectivity index (χ0) is 19.4. The fourth-order valence-corrected chi connectivity index (χ4v) is 2.49. The van der Waals surface area contributed by atoms with Crippen molar-refractivity contribution >= 4 is 23.0 Å². The Kier molecular flexibility index (Phi) is 5.12. The van der Waals surface area contributed by atoms with Crippen LogP contribution in [-0.2, 0) is 6.18 Å². The minimum absolute atomic E-state index is 0.0497. The Balaban J connectivity index is 1.76. The average Bonchev–Trinajstić information content (AvgIpc) is 2.61. The lowest BCUT2D eigenvalue weighted by molar-refractivity contribution is -0.137. The molecule has 0 aliphatic rings. The van der Waals surface area contributed by atoms with Gasteiger partial charge in [0.15, 0.2) is 0 Å². The monoisotopic (exact) mass is 371 g/mol. The maximum atomic E-state index is 12.8. The van der Waals surface area contributed by atoms with Crippen molar-refractivity contribution in [2.45, 2.75) is 13.1 Å². The van der Waals surface area contributed by atoms with E-state index in [4.69, 9.17) is 0 Å². The van der Waals surface area contributed by atoms with Gasteiger partial charge in [0.2, 0.25) is 0 Å². The van der Waals surface area contributed by atoms with Crippen LogP contribution in [0.2, 0.25) is 0 Å². The SMILES string of the molecule is Cc1cccc(Nc2ccnc(C(=O)Nc3cccc(C(F)(F)F)c3)c2)c1. The van der Waals surface area contributed by atoms with Crippen molar-refractivity contribution < 1.29 is 18.0 Å². The highest BCUT2D eigenvalue weighted by molar-refractivity contribution is 6.03. The molecule has 1 aromatic heterocycles. The first-order valence-corrected chi connectivity index (χ1v) is 8.09. The van der Waals surface area contributed by atoms with E-state index in [0.29, 0.717) is 5.69 Å². The molecule has 0 spiro atoms. The molecule has 7 heteroatoms. The Morgan fingerprint density at radius 3 is 2.37 bits per heavy atom. The number of alkyl halides is 3. The number of hydrogen-bond acceptors (Lipinski definition) is 3. The fraction of sp³-hybridized carbons (Fsp3) is 0.100. The number of hydrogen-bond donors (Lipinski definition) is 2. The minimum Gasteiger partial charge on any atom is -0.355 e. The third-order valence-electron chi connectivity index (χ3n) is 3.75. The summed E-state index contributed by atoms with van der Waals surface area (Å²) < 4.78 is 38.3. The number of carbonyl (C=O) groups is 1. The van der Waals surface area contributed by atoms with E-state index in [1.807, 2.05) is 31.2 Å². The Labute approximate surface area is 154 Å². The molecule has 3 rings (SSSR count). The molecule has 2 N–H and O–H groups in total. The third-order valence-corrected chi connectivity index (χ3v) is 3.75. The topological polar surface area (TPSA) is 54.0 Å². The molecule has 0 unspecified atom stereocenters. The van der Waals surface area contributed by atoms with Crippen LogP contribution >= 0.6 is 0 Å². The molecule has 0 bridgehead atoms. The predicted molar refractivity (Wildman–Crippen MR) is 98.1 cm³/mol. The van der Waals surface area contributed by atoms with E-state index in [1.54, 1.807) is 6.07 Å². The van der Waals surface area contributed by atoms with Crippen LogP contribution in [0.3, 0.4) is 0 Å². The fourth-order valence-electron chi connectivity index (χ4n) is 2.49. The molecule has 0 aliphatic heterocycles. The van der Waals surface area contributed by atoms with Crippen LogP contribution < -0.4 is 10.6 Å². The lowest BCUT2D eigenvalue weighted by Crippen LogP contribution is -2.14. The number of nitrogens with zero attached hydrogens (tertiary/aromatic N) is 1. The molecular weight excluding hydrogens is 355 g/mol. The van der Waals surface area contributed by atoms with Crippen LogP contribution in [0.1, 0.15) is 21.6 Å². The van der Waals surface area contributed by atoms with Gasteiger partial charge in [-0.3, -0.25) is 9.78 Å². The lowest BCUT2D eigenvalue weighted by atomic mass is 10.2. The molecule has 0 atom stereocenters. The summed E-state index contributed by atoms with van der Waals surface area (Å²) in [6.07, 6.45) is -3.02. The molecule has 1 heterocycles. The molecule has 4 nitrogen and oxygen atoms in total. The van der Waals surface area contributed by atoms with Crippen molar-refractivity contribution in [2.24, 2.45) is 0 Å². The summed E-state index contributed by atoms with van der Waals surface area (Å²) in [7, 11) is 0. The number of benzene rings is 2. The largest absolute Gasteiger partial charge is 0.416 e. The van der Waals surface area contributed by atoms with Gasteiger partial charge in [0.05, 0.1) is 5.56 Å². The number of aromatic nitrogens is 1. The molecule has 3 aromatic rings. The maximum absolute atomic E-state index is 12.8. The van der Waals surface area contributed by atoms with Gasteiger partial charge in [0.1, 0.15) is 5.69 Å². The molecule has 0 aliphatic carbocycles. The summed E-state index contributed by atoms with van der Waals surface area (Å²) >= 11 is 0. The van der Waals surface area contributed by atoms with Crippen molar-refractivity contribution in [3.05, 3.63) is 83.7 Å². The minimum atomic E-state index is -4.48. The number of nitrogens with one attached hydrogen (secondary N) is 2. The molecular formula is C20H16F3N3O. The normalized spacial score (nSPS) is 11.1. The second-order valence-corrected chi connectivity index (χ2v) is 5.96. The van der Waals surface area contributed by atoms with Crippen molar-refractivity contribution in [3.8, 4) is 0 Å². The number of halogens is 3. The van der Waals surface area contributed by atoms with Crippen LogP contribution in [-0.4, -0.2) is 10.9 Å². The van der Waals surface area contributed by atoms with Crippen LogP contribution in [0.4, 0.5) is 30.2 Å². The second kappa shape index (κ2) is 7.49. The van der Waals surface area contributed by atoms with Crippen LogP contribution in [0.5, 0.6) is 0 Å². The van der Waals surface area contributed by atoms with Crippen LogP contribution in [0, 0.1) is 6.92 Å². The quantitative estimate of drug-likeness (QED) is 0.645. The van der Waals surface area contributed by atoms with Gasteiger partial charge in [-0.25, -0.2) is 0 Å². The summed E-state index contributed by atoms with van der Waals surface area (Å²) in [5, 5.41) is 5.61. The van der Waals surface area contributed by atoms with Crippen molar-refractivity contribution in [2.75, 3.05) is 10.6 Å². The zero-order valence-electron chi connectivity index (χ0n) is 14.3. The van der Waals surface area contributed by atoms with Crippen LogP contribution in [0.25, 0.3) is 0 Å². The molecule has 0 saturated carbocycles. The van der Waals surface area contributed by atoms with Gasteiger partial charge in [-0.15, -0.1) is 0 Å². The average molecular weight is 371 g/mol. The van der Waals surface area contributed by atoms with Gasteiger partial charge < -0.3 is 10.6 Å². The number of pyridine rings is 1. The van der Waals surface area contributed by atoms with E-state index in [2.05, 4.69) is 15.6 Å². The highest BCUT2D eigenvalue weighted by atomic mass is 19.4. The van der Waals surface area contributed by atoms with E-state index in [-0.39, 0.29) is 11.4 Å². The molecule has 0 fully saturated rings. The van der Waals surface area contributed by atoms with E-state index >= 15 is 0 Å². The van der Waals surface area contributed by atoms with Gasteiger partial charge in [-0.05, 0) is 55.0 Å². The predicted octanol–water partition coefficient (Wildman–Crippen LogP) is 5.40. The van der Waals surface area contributed by atoms with Crippen molar-refractivity contribution in [1.29, 1.82) is 0 Å². The van der Waals surface area contributed by atoms with Gasteiger partial charge in [0, 0.05) is 23.3 Å². The smallest absolute Gasteiger partial charge is 0.355 e. The third kappa shape index (κ3) is 4.84. The Morgan fingerprint density at radius 2 is 1.63 bits per heavy atom. The number of anilines is 3.